The maximum atomic E-state index is 13.6. The monoisotopic (exact) mass is 393 g/mol. The van der Waals surface area contributed by atoms with Crippen LogP contribution in [-0.2, 0) is 14.8 Å². The van der Waals surface area contributed by atoms with Gasteiger partial charge in [-0.1, -0.05) is 42.0 Å². The summed E-state index contributed by atoms with van der Waals surface area (Å²) >= 11 is 0. The minimum absolute atomic E-state index is 0.0596. The van der Waals surface area contributed by atoms with Crippen molar-refractivity contribution in [2.45, 2.75) is 19.8 Å². The van der Waals surface area contributed by atoms with Crippen molar-refractivity contribution in [2.24, 2.45) is 5.73 Å². The lowest BCUT2D eigenvalue weighted by molar-refractivity contribution is 0.357. The normalized spacial score (nSPS) is 20.2. The van der Waals surface area contributed by atoms with E-state index in [9.17, 15) is 13.7 Å². The molecule has 2 heterocycles. The smallest absolute Gasteiger partial charge is 0.265 e. The fraction of sp³-hybridized carbons (Fsp3) is 0.190. The summed E-state index contributed by atoms with van der Waals surface area (Å²) in [6.45, 7) is 3.96. The summed E-state index contributed by atoms with van der Waals surface area (Å²) in [4.78, 5) is 0.0596. The molecule has 2 aromatic rings. The number of aryl methyl sites for hydroxylation is 1. The number of rotatable bonds is 2. The molecule has 0 fully saturated rings. The molecule has 0 saturated heterocycles. The highest BCUT2D eigenvalue weighted by Crippen LogP contribution is 2.50. The molecule has 0 saturated carbocycles. The number of allylic oxidation sites excluding steroid dienone is 2. The zero-order valence-corrected chi connectivity index (χ0v) is 16.3. The van der Waals surface area contributed by atoms with E-state index in [1.54, 1.807) is 25.1 Å². The number of nitrogens with two attached hydrogens (primary N) is 1. The number of hydrogen-bond acceptors (Lipinski definition) is 5. The van der Waals surface area contributed by atoms with Gasteiger partial charge in [0.2, 0.25) is 5.88 Å². The van der Waals surface area contributed by atoms with E-state index in [0.29, 0.717) is 16.8 Å². The molecule has 0 bridgehead atoms. The Balaban J connectivity index is 2.09. The third-order valence-electron chi connectivity index (χ3n) is 5.02. The molecule has 0 radical (unpaired) electrons. The lowest BCUT2D eigenvalue weighted by Crippen LogP contribution is -2.39. The number of nitrogens with zero attached hydrogens (tertiary/aromatic N) is 2. The van der Waals surface area contributed by atoms with Crippen LogP contribution in [0.5, 0.6) is 0 Å². The van der Waals surface area contributed by atoms with Crippen LogP contribution in [0.4, 0.5) is 5.69 Å². The zero-order chi connectivity index (χ0) is 20.1. The fourth-order valence-electron chi connectivity index (χ4n) is 3.83. The number of sulfonamides is 1. The SMILES string of the molecule is CCN1c2ccccc2C2=C([C@@H](c3cccc(C)c3)C(C#N)=C(N)O2)S1(=O)=O. The number of anilines is 1. The van der Waals surface area contributed by atoms with E-state index in [1.165, 1.54) is 4.31 Å². The van der Waals surface area contributed by atoms with Crippen molar-refractivity contribution in [3.05, 3.63) is 81.6 Å². The quantitative estimate of drug-likeness (QED) is 0.844. The highest BCUT2D eigenvalue weighted by atomic mass is 32.2. The molecule has 7 heteroatoms. The van der Waals surface area contributed by atoms with Crippen molar-refractivity contribution in [2.75, 3.05) is 10.8 Å². The fourth-order valence-corrected chi connectivity index (χ4v) is 5.77. The second-order valence-electron chi connectivity index (χ2n) is 6.72. The standard InChI is InChI=1S/C21H19N3O3S/c1-3-24-17-10-5-4-9-15(17)19-20(28(24,25)26)18(16(12-22)21(23)27-19)14-8-6-7-13(2)11-14/h4-11,18H,3,23H2,1-2H3/t18-/m0/s1. The maximum Gasteiger partial charge on any atom is 0.265 e. The summed E-state index contributed by atoms with van der Waals surface area (Å²) in [7, 11) is -3.92. The van der Waals surface area contributed by atoms with Gasteiger partial charge in [0.15, 0.2) is 5.76 Å². The number of para-hydroxylation sites is 1. The van der Waals surface area contributed by atoms with Crippen molar-refractivity contribution in [3.8, 4) is 6.07 Å². The predicted octanol–water partition coefficient (Wildman–Crippen LogP) is 3.34. The van der Waals surface area contributed by atoms with Crippen LogP contribution < -0.4 is 10.0 Å². The lowest BCUT2D eigenvalue weighted by atomic mass is 9.87. The van der Waals surface area contributed by atoms with E-state index in [4.69, 9.17) is 10.5 Å². The average molecular weight is 393 g/mol. The van der Waals surface area contributed by atoms with Gasteiger partial charge in [-0.15, -0.1) is 0 Å². The zero-order valence-electron chi connectivity index (χ0n) is 15.5. The molecule has 0 amide bonds. The van der Waals surface area contributed by atoms with E-state index in [-0.39, 0.29) is 28.7 Å². The van der Waals surface area contributed by atoms with Gasteiger partial charge in [-0.2, -0.15) is 5.26 Å². The minimum atomic E-state index is -3.92. The van der Waals surface area contributed by atoms with Crippen LogP contribution in [0, 0.1) is 18.3 Å². The van der Waals surface area contributed by atoms with Crippen molar-refractivity contribution >= 4 is 21.5 Å². The summed E-state index contributed by atoms with van der Waals surface area (Å²) in [5.41, 5.74) is 9.00. The van der Waals surface area contributed by atoms with Crippen molar-refractivity contribution in [3.63, 3.8) is 0 Å². The third kappa shape index (κ3) is 2.49. The largest absolute Gasteiger partial charge is 0.439 e. The Morgan fingerprint density at radius 1 is 1.21 bits per heavy atom. The molecule has 1 atom stereocenters. The van der Waals surface area contributed by atoms with Crippen LogP contribution in [0.25, 0.3) is 5.76 Å². The molecule has 28 heavy (non-hydrogen) atoms. The second kappa shape index (κ2) is 6.43. The van der Waals surface area contributed by atoms with Crippen LogP contribution >= 0.6 is 0 Å². The first-order valence-corrected chi connectivity index (χ1v) is 10.3. The Kier molecular flexibility index (Phi) is 4.16. The van der Waals surface area contributed by atoms with E-state index in [2.05, 4.69) is 6.07 Å². The number of hydrogen-bond donors (Lipinski definition) is 1. The van der Waals surface area contributed by atoms with Gasteiger partial charge in [-0.05, 0) is 31.5 Å². The minimum Gasteiger partial charge on any atom is -0.439 e. The molecule has 2 aromatic carbocycles. The summed E-state index contributed by atoms with van der Waals surface area (Å²) in [6.07, 6.45) is 0. The van der Waals surface area contributed by atoms with Crippen LogP contribution in [0.2, 0.25) is 0 Å². The topological polar surface area (TPSA) is 96.4 Å². The van der Waals surface area contributed by atoms with Crippen LogP contribution in [0.1, 0.15) is 29.5 Å². The van der Waals surface area contributed by atoms with Gasteiger partial charge in [-0.3, -0.25) is 4.31 Å². The molecule has 2 aliphatic rings. The Hall–Kier alpha value is -3.24. The summed E-state index contributed by atoms with van der Waals surface area (Å²) < 4.78 is 34.3. The van der Waals surface area contributed by atoms with Gasteiger partial charge in [0.1, 0.15) is 16.5 Å². The molecule has 0 aliphatic carbocycles. The molecular formula is C21H19N3O3S. The van der Waals surface area contributed by atoms with Gasteiger partial charge in [0.05, 0.1) is 11.6 Å². The molecular weight excluding hydrogens is 374 g/mol. The lowest BCUT2D eigenvalue weighted by Gasteiger charge is -2.37. The second-order valence-corrected chi connectivity index (χ2v) is 8.55. The highest BCUT2D eigenvalue weighted by Gasteiger charge is 2.46. The van der Waals surface area contributed by atoms with Crippen molar-refractivity contribution in [1.82, 2.24) is 0 Å². The molecule has 0 spiro atoms. The molecule has 2 N–H and O–H groups in total. The van der Waals surface area contributed by atoms with Gasteiger partial charge >= 0.3 is 0 Å². The van der Waals surface area contributed by atoms with Crippen LogP contribution in [0.3, 0.4) is 0 Å². The summed E-state index contributed by atoms with van der Waals surface area (Å²) in [5.74, 6) is -0.688. The van der Waals surface area contributed by atoms with Gasteiger partial charge in [0.25, 0.3) is 10.0 Å². The number of fused-ring (bicyclic) bond motifs is 2. The van der Waals surface area contributed by atoms with Crippen molar-refractivity contribution in [1.29, 1.82) is 5.26 Å². The summed E-state index contributed by atoms with van der Waals surface area (Å²) in [5, 5.41) is 9.74. The number of ether oxygens (including phenoxy) is 1. The first kappa shape index (κ1) is 18.1. The molecule has 0 unspecified atom stereocenters. The Bertz CT molecular complexity index is 1190. The van der Waals surface area contributed by atoms with Crippen LogP contribution in [0.15, 0.2) is 64.9 Å². The maximum absolute atomic E-state index is 13.6. The Labute approximate surface area is 164 Å². The van der Waals surface area contributed by atoms with E-state index in [0.717, 1.165) is 5.56 Å². The van der Waals surface area contributed by atoms with Crippen molar-refractivity contribution < 1.29 is 13.2 Å². The summed E-state index contributed by atoms with van der Waals surface area (Å²) in [6, 6.07) is 16.6. The van der Waals surface area contributed by atoms with E-state index >= 15 is 0 Å². The Morgan fingerprint density at radius 2 is 1.96 bits per heavy atom. The number of nitriles is 1. The molecule has 2 aliphatic heterocycles. The third-order valence-corrected chi connectivity index (χ3v) is 7.03. The predicted molar refractivity (Wildman–Crippen MR) is 107 cm³/mol. The first-order valence-electron chi connectivity index (χ1n) is 8.90. The highest BCUT2D eigenvalue weighted by molar-refractivity contribution is 7.97. The van der Waals surface area contributed by atoms with E-state index < -0.39 is 15.9 Å². The molecule has 4 rings (SSSR count). The van der Waals surface area contributed by atoms with Gasteiger partial charge < -0.3 is 10.5 Å². The average Bonchev–Trinajstić information content (AvgIpc) is 2.67. The molecule has 6 nitrogen and oxygen atoms in total. The van der Waals surface area contributed by atoms with Gasteiger partial charge in [0, 0.05) is 12.1 Å². The molecule has 0 aromatic heterocycles. The Morgan fingerprint density at radius 3 is 2.64 bits per heavy atom. The number of benzene rings is 2. The van der Waals surface area contributed by atoms with E-state index in [1.807, 2.05) is 37.3 Å². The van der Waals surface area contributed by atoms with Crippen LogP contribution in [-0.4, -0.2) is 15.0 Å². The molecule has 142 valence electrons. The van der Waals surface area contributed by atoms with Gasteiger partial charge in [-0.25, -0.2) is 8.42 Å². The first-order chi connectivity index (χ1) is 13.4.